The molecule has 0 unspecified atom stereocenters. The minimum atomic E-state index is -4.40. The maximum atomic E-state index is 13.3. The standard InChI is InChI=1S/C21H22F3N5O/c1-12-16(4-3-5-18(12)21(22,23)24)13(2)27-20-17-8-14(29-7-6-15(30)11-29)9-25-19(17)10-26-28-20/h3-5,8-10,13,15,30H,6-7,11H2,1-2H3,(H,27,28)/t13-,15+/m1/s1. The van der Waals surface area contributed by atoms with Crippen molar-refractivity contribution >= 4 is 22.4 Å². The molecule has 9 heteroatoms. The molecule has 3 heterocycles. The van der Waals surface area contributed by atoms with E-state index in [9.17, 15) is 18.3 Å². The lowest BCUT2D eigenvalue weighted by Crippen LogP contribution is -2.21. The number of benzene rings is 1. The summed E-state index contributed by atoms with van der Waals surface area (Å²) in [5.74, 6) is 0.450. The molecule has 1 aliphatic heterocycles. The van der Waals surface area contributed by atoms with E-state index >= 15 is 0 Å². The lowest BCUT2D eigenvalue weighted by atomic mass is 9.97. The Morgan fingerprint density at radius 2 is 2.07 bits per heavy atom. The summed E-state index contributed by atoms with van der Waals surface area (Å²) in [7, 11) is 0. The van der Waals surface area contributed by atoms with Crippen LogP contribution in [-0.4, -0.2) is 39.5 Å². The summed E-state index contributed by atoms with van der Waals surface area (Å²) in [6.45, 7) is 4.53. The summed E-state index contributed by atoms with van der Waals surface area (Å²) in [5.41, 5.74) is 1.56. The topological polar surface area (TPSA) is 74.2 Å². The van der Waals surface area contributed by atoms with Crippen LogP contribution in [0.1, 0.15) is 36.1 Å². The zero-order chi connectivity index (χ0) is 21.5. The molecule has 3 aromatic rings. The molecule has 1 aromatic carbocycles. The van der Waals surface area contributed by atoms with Crippen LogP contribution in [-0.2, 0) is 6.18 Å². The molecule has 158 valence electrons. The van der Waals surface area contributed by atoms with Crippen molar-refractivity contribution in [1.29, 1.82) is 0 Å². The molecule has 2 N–H and O–H groups in total. The minimum absolute atomic E-state index is 0.183. The summed E-state index contributed by atoms with van der Waals surface area (Å²) in [6, 6.07) is 5.67. The second-order valence-electron chi connectivity index (χ2n) is 7.59. The van der Waals surface area contributed by atoms with Gasteiger partial charge in [-0.25, -0.2) is 0 Å². The van der Waals surface area contributed by atoms with E-state index in [1.807, 2.05) is 11.0 Å². The van der Waals surface area contributed by atoms with Crippen molar-refractivity contribution in [2.45, 2.75) is 38.6 Å². The predicted octanol–water partition coefficient (Wildman–Crippen LogP) is 4.10. The first-order valence-corrected chi connectivity index (χ1v) is 9.71. The first-order valence-electron chi connectivity index (χ1n) is 9.71. The number of fused-ring (bicyclic) bond motifs is 1. The highest BCUT2D eigenvalue weighted by molar-refractivity contribution is 5.90. The minimum Gasteiger partial charge on any atom is -0.391 e. The van der Waals surface area contributed by atoms with Crippen LogP contribution in [0.15, 0.2) is 36.7 Å². The number of alkyl halides is 3. The average molecular weight is 417 g/mol. The van der Waals surface area contributed by atoms with E-state index in [2.05, 4.69) is 20.5 Å². The molecule has 1 fully saturated rings. The summed E-state index contributed by atoms with van der Waals surface area (Å²) >= 11 is 0. The second-order valence-corrected chi connectivity index (χ2v) is 7.59. The fraction of sp³-hybridized carbons (Fsp3) is 0.381. The summed E-state index contributed by atoms with van der Waals surface area (Å²) in [6.07, 6.45) is -0.796. The number of halogens is 3. The van der Waals surface area contributed by atoms with Crippen LogP contribution in [0.25, 0.3) is 10.9 Å². The Bertz CT molecular complexity index is 1070. The van der Waals surface area contributed by atoms with Crippen molar-refractivity contribution < 1.29 is 18.3 Å². The molecule has 1 aliphatic rings. The highest BCUT2D eigenvalue weighted by Crippen LogP contribution is 2.35. The van der Waals surface area contributed by atoms with Gasteiger partial charge in [0.1, 0.15) is 0 Å². The summed E-state index contributed by atoms with van der Waals surface area (Å²) in [5, 5.41) is 21.9. The fourth-order valence-corrected chi connectivity index (χ4v) is 3.92. The number of hydrogen-bond donors (Lipinski definition) is 2. The van der Waals surface area contributed by atoms with Gasteiger partial charge in [0, 0.05) is 18.5 Å². The fourth-order valence-electron chi connectivity index (χ4n) is 3.92. The maximum Gasteiger partial charge on any atom is 0.416 e. The highest BCUT2D eigenvalue weighted by Gasteiger charge is 2.33. The summed E-state index contributed by atoms with van der Waals surface area (Å²) in [4.78, 5) is 6.48. The molecule has 6 nitrogen and oxygen atoms in total. The zero-order valence-electron chi connectivity index (χ0n) is 16.6. The Labute approximate surface area is 171 Å². The van der Waals surface area contributed by atoms with Crippen LogP contribution < -0.4 is 10.2 Å². The van der Waals surface area contributed by atoms with Crippen molar-refractivity contribution in [3.8, 4) is 0 Å². The number of pyridine rings is 1. The Morgan fingerprint density at radius 3 is 2.77 bits per heavy atom. The van der Waals surface area contributed by atoms with Crippen molar-refractivity contribution in [1.82, 2.24) is 15.2 Å². The van der Waals surface area contributed by atoms with Crippen molar-refractivity contribution in [2.24, 2.45) is 0 Å². The third kappa shape index (κ3) is 3.89. The van der Waals surface area contributed by atoms with Gasteiger partial charge in [0.15, 0.2) is 5.82 Å². The maximum absolute atomic E-state index is 13.3. The second kappa shape index (κ2) is 7.71. The Balaban J connectivity index is 1.67. The van der Waals surface area contributed by atoms with Crippen molar-refractivity contribution in [3.63, 3.8) is 0 Å². The van der Waals surface area contributed by atoms with E-state index in [4.69, 9.17) is 0 Å². The molecule has 0 amide bonds. The number of aliphatic hydroxyl groups is 1. The lowest BCUT2D eigenvalue weighted by molar-refractivity contribution is -0.138. The van der Waals surface area contributed by atoms with Gasteiger partial charge in [-0.15, -0.1) is 5.10 Å². The molecular weight excluding hydrogens is 395 g/mol. The van der Waals surface area contributed by atoms with Gasteiger partial charge in [0.25, 0.3) is 0 Å². The Kier molecular flexibility index (Phi) is 5.23. The number of rotatable bonds is 4. The number of hydrogen-bond acceptors (Lipinski definition) is 6. The normalized spacial score (nSPS) is 18.1. The average Bonchev–Trinajstić information content (AvgIpc) is 3.13. The first-order chi connectivity index (χ1) is 14.2. The smallest absolute Gasteiger partial charge is 0.391 e. The number of nitrogens with one attached hydrogen (secondary N) is 1. The monoisotopic (exact) mass is 417 g/mol. The number of aliphatic hydroxyl groups excluding tert-OH is 1. The molecule has 2 atom stereocenters. The van der Waals surface area contributed by atoms with Crippen LogP contribution in [0.5, 0.6) is 0 Å². The SMILES string of the molecule is Cc1c([C@@H](C)Nc2nncc3ncc(N4CC[C@H](O)C4)cc23)cccc1C(F)(F)F. The van der Waals surface area contributed by atoms with E-state index in [-0.39, 0.29) is 11.7 Å². The van der Waals surface area contributed by atoms with Gasteiger partial charge >= 0.3 is 6.18 Å². The van der Waals surface area contributed by atoms with Gasteiger partial charge in [-0.1, -0.05) is 12.1 Å². The Hall–Kier alpha value is -2.94. The van der Waals surface area contributed by atoms with E-state index in [1.54, 1.807) is 25.4 Å². The molecule has 0 spiro atoms. The largest absolute Gasteiger partial charge is 0.416 e. The van der Waals surface area contributed by atoms with Crippen LogP contribution in [0.3, 0.4) is 0 Å². The van der Waals surface area contributed by atoms with Crippen LogP contribution in [0.4, 0.5) is 24.7 Å². The molecule has 0 bridgehead atoms. The van der Waals surface area contributed by atoms with Crippen molar-refractivity contribution in [2.75, 3.05) is 23.3 Å². The molecule has 0 saturated carbocycles. The highest BCUT2D eigenvalue weighted by atomic mass is 19.4. The van der Waals surface area contributed by atoms with Gasteiger partial charge in [-0.05, 0) is 43.5 Å². The van der Waals surface area contributed by atoms with Crippen LogP contribution in [0, 0.1) is 6.92 Å². The van der Waals surface area contributed by atoms with Crippen LogP contribution in [0.2, 0.25) is 0 Å². The molecule has 0 radical (unpaired) electrons. The molecule has 0 aliphatic carbocycles. The van der Waals surface area contributed by atoms with Gasteiger partial charge in [-0.3, -0.25) is 4.98 Å². The van der Waals surface area contributed by atoms with E-state index in [1.165, 1.54) is 13.0 Å². The number of aromatic nitrogens is 3. The molecule has 2 aromatic heterocycles. The van der Waals surface area contributed by atoms with Gasteiger partial charge in [0.05, 0.1) is 41.3 Å². The number of β-amino-alcohol motifs (C(OH)–C–C–N with tert-alkyl or cyclic N) is 1. The van der Waals surface area contributed by atoms with Gasteiger partial charge < -0.3 is 15.3 Å². The quantitative estimate of drug-likeness (QED) is 0.666. The molecular formula is C21H22F3N5O. The molecule has 1 saturated heterocycles. The Morgan fingerprint density at radius 1 is 1.27 bits per heavy atom. The summed E-state index contributed by atoms with van der Waals surface area (Å²) < 4.78 is 39.8. The molecule has 30 heavy (non-hydrogen) atoms. The number of anilines is 2. The predicted molar refractivity (Wildman–Crippen MR) is 108 cm³/mol. The third-order valence-corrected chi connectivity index (χ3v) is 5.53. The van der Waals surface area contributed by atoms with Crippen molar-refractivity contribution in [3.05, 3.63) is 53.3 Å². The van der Waals surface area contributed by atoms with Crippen LogP contribution >= 0.6 is 0 Å². The van der Waals surface area contributed by atoms with Gasteiger partial charge in [-0.2, -0.15) is 18.3 Å². The first kappa shape index (κ1) is 20.3. The number of nitrogens with zero attached hydrogens (tertiary/aromatic N) is 4. The molecule has 4 rings (SSSR count). The third-order valence-electron chi connectivity index (χ3n) is 5.53. The lowest BCUT2D eigenvalue weighted by Gasteiger charge is -2.21. The zero-order valence-corrected chi connectivity index (χ0v) is 16.6. The van der Waals surface area contributed by atoms with E-state index < -0.39 is 17.8 Å². The van der Waals surface area contributed by atoms with Gasteiger partial charge in [0.2, 0.25) is 0 Å². The van der Waals surface area contributed by atoms with E-state index in [0.29, 0.717) is 29.9 Å². The van der Waals surface area contributed by atoms with E-state index in [0.717, 1.165) is 23.7 Å².